The standard InChI is InChI=1S/C5H10O2.6C4H9.2Sn/c1-3-4-7-5-6-2;6*1-3-4-2;;/h1H,3-5H2,2H3;6*1,3-4H2,2H3;;. The third-order valence-corrected chi connectivity index (χ3v) is 65.0. The molecular weight excluding hydrogens is 618 g/mol. The third kappa shape index (κ3) is 13.6. The van der Waals surface area contributed by atoms with E-state index in [0.29, 0.717) is 6.79 Å². The van der Waals surface area contributed by atoms with E-state index in [1.807, 2.05) is 0 Å². The van der Waals surface area contributed by atoms with E-state index in [0.717, 1.165) is 6.61 Å². The van der Waals surface area contributed by atoms with Gasteiger partial charge in [0.25, 0.3) is 0 Å². The molecule has 0 saturated heterocycles. The Hall–Kier alpha value is 1.52. The second kappa shape index (κ2) is 22.7. The second-order valence-electron chi connectivity index (χ2n) is 11.0. The van der Waals surface area contributed by atoms with E-state index < -0.39 is 36.8 Å². The van der Waals surface area contributed by atoms with E-state index in [1.54, 1.807) is 33.7 Å². The van der Waals surface area contributed by atoms with Crippen LogP contribution in [0.4, 0.5) is 0 Å². The molecule has 0 rings (SSSR count). The van der Waals surface area contributed by atoms with Crippen molar-refractivity contribution in [2.24, 2.45) is 0 Å². The molecule has 0 fully saturated rings. The molecule has 0 aliphatic rings. The van der Waals surface area contributed by atoms with Crippen molar-refractivity contribution >= 4 is 36.8 Å². The normalized spacial score (nSPS) is 12.7. The van der Waals surface area contributed by atoms with E-state index in [-0.39, 0.29) is 0 Å². The second-order valence-corrected chi connectivity index (χ2v) is 43.8. The van der Waals surface area contributed by atoms with Crippen LogP contribution in [0.3, 0.4) is 0 Å². The first kappa shape index (κ1) is 34.5. The Kier molecular flexibility index (Phi) is 23.7. The zero-order valence-electron chi connectivity index (χ0n) is 24.2. The minimum atomic E-state index is -2.35. The van der Waals surface area contributed by atoms with Crippen molar-refractivity contribution in [2.75, 3.05) is 20.5 Å². The predicted molar refractivity (Wildman–Crippen MR) is 156 cm³/mol. The van der Waals surface area contributed by atoms with Crippen LogP contribution in [-0.4, -0.2) is 57.3 Å². The maximum absolute atomic E-state index is 6.08. The van der Waals surface area contributed by atoms with E-state index >= 15 is 0 Å². The van der Waals surface area contributed by atoms with Gasteiger partial charge in [0.05, 0.1) is 0 Å². The van der Waals surface area contributed by atoms with Gasteiger partial charge in [0.15, 0.2) is 0 Å². The summed E-state index contributed by atoms with van der Waals surface area (Å²) < 4.78 is 22.7. The molecule has 0 aromatic rings. The molecule has 0 unspecified atom stereocenters. The fraction of sp³-hybridized carbons (Fsp3) is 1.00. The fourth-order valence-corrected chi connectivity index (χ4v) is 84.3. The van der Waals surface area contributed by atoms with E-state index in [9.17, 15) is 0 Å². The molecule has 0 saturated carbocycles. The SMILES string of the molecule is CCC[CH2][Sn]([CH2]CCC)([CH2]CCC)[CH](CCOCOC)[Sn]([CH2]CCC)([CH2]CCC)[CH2]CCC. The van der Waals surface area contributed by atoms with Crippen molar-refractivity contribution in [3.05, 3.63) is 0 Å². The first-order chi connectivity index (χ1) is 16.1. The predicted octanol–water partition coefficient (Wildman–Crippen LogP) is 10.6. The Morgan fingerprint density at radius 3 is 1.06 bits per heavy atom. The molecule has 0 atom stereocenters. The molecule has 0 aromatic heterocycles. The van der Waals surface area contributed by atoms with Crippen LogP contribution < -0.4 is 0 Å². The molecule has 0 heterocycles. The average molecular weight is 682 g/mol. The summed E-state index contributed by atoms with van der Waals surface area (Å²) in [5.74, 6) is 0. The van der Waals surface area contributed by atoms with Crippen LogP contribution >= 0.6 is 0 Å². The Labute approximate surface area is 218 Å². The van der Waals surface area contributed by atoms with E-state index in [2.05, 4.69) is 41.5 Å². The number of methoxy groups -OCH3 is 1. The molecule has 0 aromatic carbocycles. The Morgan fingerprint density at radius 1 is 0.515 bits per heavy atom. The van der Waals surface area contributed by atoms with Gasteiger partial charge in [-0.1, -0.05) is 0 Å². The van der Waals surface area contributed by atoms with Crippen LogP contribution in [0.1, 0.15) is 125 Å². The van der Waals surface area contributed by atoms with Gasteiger partial charge in [0.2, 0.25) is 0 Å². The van der Waals surface area contributed by atoms with Crippen LogP contribution in [0.15, 0.2) is 0 Å². The quantitative estimate of drug-likeness (QED) is 0.0542. The van der Waals surface area contributed by atoms with Gasteiger partial charge in [-0.25, -0.2) is 0 Å². The number of unbranched alkanes of at least 4 members (excludes halogenated alkanes) is 6. The Morgan fingerprint density at radius 2 is 0.818 bits per heavy atom. The molecular formula is C29H64O2Sn2. The summed E-state index contributed by atoms with van der Waals surface area (Å²) in [5, 5.41) is 0. The molecule has 2 nitrogen and oxygen atoms in total. The first-order valence-corrected chi connectivity index (χ1v) is 30.5. The van der Waals surface area contributed by atoms with E-state index in [4.69, 9.17) is 9.47 Å². The topological polar surface area (TPSA) is 18.5 Å². The molecule has 200 valence electrons. The molecule has 4 heteroatoms. The number of hydrogen-bond acceptors (Lipinski definition) is 2. The Bertz CT molecular complexity index is 341. The van der Waals surface area contributed by atoms with Crippen molar-refractivity contribution in [3.8, 4) is 0 Å². The summed E-state index contributed by atoms with van der Waals surface area (Å²) in [6, 6.07) is 0. The zero-order chi connectivity index (χ0) is 24.8. The Balaban J connectivity index is 6.50. The summed E-state index contributed by atoms with van der Waals surface area (Å²) in [4.78, 5) is 0. The van der Waals surface area contributed by atoms with Crippen molar-refractivity contribution in [3.63, 3.8) is 0 Å². The molecule has 0 radical (unpaired) electrons. The zero-order valence-corrected chi connectivity index (χ0v) is 30.0. The summed E-state index contributed by atoms with van der Waals surface area (Å²) in [5.41, 5.74) is 0. The van der Waals surface area contributed by atoms with Crippen LogP contribution in [-0.2, 0) is 9.47 Å². The van der Waals surface area contributed by atoms with Gasteiger partial charge >= 0.3 is 220 Å². The number of hydrogen-bond donors (Lipinski definition) is 0. The van der Waals surface area contributed by atoms with Gasteiger partial charge in [-0.05, 0) is 0 Å². The average Bonchev–Trinajstić information content (AvgIpc) is 2.84. The van der Waals surface area contributed by atoms with Gasteiger partial charge in [0, 0.05) is 0 Å². The van der Waals surface area contributed by atoms with Crippen molar-refractivity contribution in [1.29, 1.82) is 0 Å². The first-order valence-electron chi connectivity index (χ1n) is 15.1. The number of ether oxygens (including phenoxy) is 2. The van der Waals surface area contributed by atoms with Crippen LogP contribution in [0, 0.1) is 0 Å². The molecule has 0 amide bonds. The molecule has 0 aliphatic carbocycles. The molecule has 0 bridgehead atoms. The molecule has 33 heavy (non-hydrogen) atoms. The summed E-state index contributed by atoms with van der Waals surface area (Å²) >= 11 is -4.70. The third-order valence-electron chi connectivity index (χ3n) is 8.40. The van der Waals surface area contributed by atoms with Gasteiger partial charge in [-0.2, -0.15) is 0 Å². The van der Waals surface area contributed by atoms with Crippen molar-refractivity contribution < 1.29 is 9.47 Å². The molecule has 0 spiro atoms. The van der Waals surface area contributed by atoms with Gasteiger partial charge in [-0.15, -0.1) is 0 Å². The number of rotatable bonds is 25. The van der Waals surface area contributed by atoms with Crippen LogP contribution in [0.2, 0.25) is 28.6 Å². The van der Waals surface area contributed by atoms with Crippen molar-refractivity contribution in [2.45, 2.75) is 154 Å². The van der Waals surface area contributed by atoms with Gasteiger partial charge in [-0.3, -0.25) is 0 Å². The van der Waals surface area contributed by atoms with Crippen LogP contribution in [0.5, 0.6) is 0 Å². The molecule has 0 N–H and O–H groups in total. The van der Waals surface area contributed by atoms with Crippen LogP contribution in [0.25, 0.3) is 0 Å². The summed E-state index contributed by atoms with van der Waals surface area (Å²) in [7, 11) is 1.78. The van der Waals surface area contributed by atoms with Crippen molar-refractivity contribution in [1.82, 2.24) is 0 Å². The van der Waals surface area contributed by atoms with Gasteiger partial charge < -0.3 is 0 Å². The minimum absolute atomic E-state index is 0.482. The fourth-order valence-electron chi connectivity index (χ4n) is 6.57. The summed E-state index contributed by atoms with van der Waals surface area (Å²) in [6.45, 7) is 16.1. The summed E-state index contributed by atoms with van der Waals surface area (Å²) in [6.07, 6.45) is 18.8. The van der Waals surface area contributed by atoms with Gasteiger partial charge in [0.1, 0.15) is 0 Å². The maximum atomic E-state index is 6.08. The monoisotopic (exact) mass is 684 g/mol. The van der Waals surface area contributed by atoms with E-state index in [1.165, 1.54) is 85.4 Å². The molecule has 0 aliphatic heterocycles.